The van der Waals surface area contributed by atoms with Crippen molar-refractivity contribution >= 4 is 28.3 Å². The number of anilines is 2. The zero-order valence-corrected chi connectivity index (χ0v) is 16.6. The zero-order chi connectivity index (χ0) is 20.7. The van der Waals surface area contributed by atoms with Crippen LogP contribution in [-0.4, -0.2) is 26.1 Å². The second-order valence-corrected chi connectivity index (χ2v) is 7.40. The predicted molar refractivity (Wildman–Crippen MR) is 116 cm³/mol. The summed E-state index contributed by atoms with van der Waals surface area (Å²) in [6.07, 6.45) is 0. The molecule has 1 atom stereocenters. The minimum Gasteiger partial charge on any atom is -0.326 e. The van der Waals surface area contributed by atoms with E-state index in [1.165, 1.54) is 0 Å². The minimum atomic E-state index is -0.451. The maximum absolute atomic E-state index is 13.4. The Morgan fingerprint density at radius 1 is 1.00 bits per heavy atom. The molecule has 1 aliphatic rings. The molecule has 2 N–H and O–H groups in total. The third kappa shape index (κ3) is 3.00. The van der Waals surface area contributed by atoms with E-state index in [4.69, 9.17) is 0 Å². The highest BCUT2D eigenvalue weighted by atomic mass is 16.1. The molecule has 0 fully saturated rings. The van der Waals surface area contributed by atoms with Crippen molar-refractivity contribution in [1.29, 1.82) is 0 Å². The van der Waals surface area contributed by atoms with E-state index in [0.29, 0.717) is 11.5 Å². The first-order chi connectivity index (χ1) is 14.6. The van der Waals surface area contributed by atoms with Crippen LogP contribution in [0, 0.1) is 6.92 Å². The number of nitrogens with zero attached hydrogens (tertiary/aromatic N) is 4. The van der Waals surface area contributed by atoms with Gasteiger partial charge >= 0.3 is 0 Å². The molecule has 0 saturated carbocycles. The maximum Gasteiger partial charge on any atom is 0.255 e. The van der Waals surface area contributed by atoms with Gasteiger partial charge < -0.3 is 10.6 Å². The summed E-state index contributed by atoms with van der Waals surface area (Å²) >= 11 is 0. The summed E-state index contributed by atoms with van der Waals surface area (Å²) < 4.78 is 1.67. The van der Waals surface area contributed by atoms with Gasteiger partial charge in [0.2, 0.25) is 5.95 Å². The molecule has 30 heavy (non-hydrogen) atoms. The van der Waals surface area contributed by atoms with E-state index >= 15 is 0 Å². The lowest BCUT2D eigenvalue weighted by Crippen LogP contribution is -2.31. The van der Waals surface area contributed by atoms with Crippen LogP contribution in [0.2, 0.25) is 0 Å². The molecule has 0 aliphatic carbocycles. The lowest BCUT2D eigenvalue weighted by atomic mass is 9.91. The normalized spacial score (nSPS) is 15.6. The van der Waals surface area contributed by atoms with Crippen molar-refractivity contribution in [3.8, 4) is 0 Å². The van der Waals surface area contributed by atoms with Gasteiger partial charge in [0.05, 0.1) is 5.57 Å². The molecule has 148 valence electrons. The van der Waals surface area contributed by atoms with E-state index in [9.17, 15) is 4.79 Å². The van der Waals surface area contributed by atoms with E-state index in [0.717, 1.165) is 33.3 Å². The van der Waals surface area contributed by atoms with Crippen LogP contribution in [0.5, 0.6) is 0 Å². The van der Waals surface area contributed by atoms with E-state index in [1.54, 1.807) is 4.68 Å². The molecular formula is C23H20N6O. The molecule has 1 amide bonds. The number of hydrogen-bond acceptors (Lipinski definition) is 5. The molecule has 0 saturated heterocycles. The van der Waals surface area contributed by atoms with E-state index in [1.807, 2.05) is 62.4 Å². The Morgan fingerprint density at radius 3 is 2.60 bits per heavy atom. The molecule has 3 aromatic carbocycles. The Labute approximate surface area is 173 Å². The Kier molecular flexibility index (Phi) is 4.28. The van der Waals surface area contributed by atoms with Gasteiger partial charge in [0.15, 0.2) is 0 Å². The van der Waals surface area contributed by atoms with Gasteiger partial charge in [-0.15, -0.1) is 0 Å². The van der Waals surface area contributed by atoms with Crippen molar-refractivity contribution in [3.05, 3.63) is 89.1 Å². The fourth-order valence-corrected chi connectivity index (χ4v) is 3.92. The summed E-state index contributed by atoms with van der Waals surface area (Å²) in [4.78, 5) is 13.4. The molecule has 7 nitrogen and oxygen atoms in total. The summed E-state index contributed by atoms with van der Waals surface area (Å²) in [5.41, 5.74) is 4.14. The number of fused-ring (bicyclic) bond motifs is 2. The monoisotopic (exact) mass is 396 g/mol. The van der Waals surface area contributed by atoms with Crippen molar-refractivity contribution in [2.45, 2.75) is 19.9 Å². The number of nitrogens with one attached hydrogen (secondary N) is 2. The van der Waals surface area contributed by atoms with Crippen LogP contribution < -0.4 is 10.6 Å². The van der Waals surface area contributed by atoms with Gasteiger partial charge in [-0.2, -0.15) is 4.68 Å². The molecule has 1 aliphatic heterocycles. The number of carbonyl (C=O) groups excluding carboxylic acids is 1. The molecule has 4 aromatic rings. The molecule has 5 rings (SSSR count). The molecule has 2 heterocycles. The maximum atomic E-state index is 13.4. The third-order valence-corrected chi connectivity index (χ3v) is 5.39. The second kappa shape index (κ2) is 7.11. The molecule has 0 spiro atoms. The molecule has 7 heteroatoms. The van der Waals surface area contributed by atoms with Crippen LogP contribution in [0.4, 0.5) is 11.6 Å². The summed E-state index contributed by atoms with van der Waals surface area (Å²) in [5, 5.41) is 20.4. The number of allylic oxidation sites excluding steroid dienone is 1. The van der Waals surface area contributed by atoms with Crippen molar-refractivity contribution < 1.29 is 4.79 Å². The fourth-order valence-electron chi connectivity index (χ4n) is 3.92. The minimum absolute atomic E-state index is 0.192. The van der Waals surface area contributed by atoms with E-state index in [-0.39, 0.29) is 5.91 Å². The summed E-state index contributed by atoms with van der Waals surface area (Å²) in [5.74, 6) is 0.320. The van der Waals surface area contributed by atoms with Gasteiger partial charge in [-0.1, -0.05) is 65.3 Å². The highest BCUT2D eigenvalue weighted by Crippen LogP contribution is 2.37. The Balaban J connectivity index is 1.64. The topological polar surface area (TPSA) is 84.7 Å². The number of tetrazole rings is 1. The van der Waals surface area contributed by atoms with Gasteiger partial charge in [-0.3, -0.25) is 4.79 Å². The molecule has 1 unspecified atom stereocenters. The van der Waals surface area contributed by atoms with Crippen LogP contribution in [0.3, 0.4) is 0 Å². The predicted octanol–water partition coefficient (Wildman–Crippen LogP) is 4.06. The molecule has 1 aromatic heterocycles. The van der Waals surface area contributed by atoms with E-state index in [2.05, 4.69) is 44.4 Å². The Hall–Kier alpha value is -4.00. The summed E-state index contributed by atoms with van der Waals surface area (Å²) in [6.45, 7) is 3.89. The van der Waals surface area contributed by atoms with Crippen molar-refractivity contribution in [2.24, 2.45) is 0 Å². The first-order valence-electron chi connectivity index (χ1n) is 9.73. The Bertz CT molecular complexity index is 1280. The smallest absolute Gasteiger partial charge is 0.255 e. The van der Waals surface area contributed by atoms with Gasteiger partial charge in [0.25, 0.3) is 5.91 Å². The highest BCUT2D eigenvalue weighted by molar-refractivity contribution is 6.06. The number of amides is 1. The first kappa shape index (κ1) is 18.1. The quantitative estimate of drug-likeness (QED) is 0.545. The van der Waals surface area contributed by atoms with Crippen LogP contribution in [0.1, 0.15) is 24.1 Å². The van der Waals surface area contributed by atoms with Gasteiger partial charge in [-0.25, -0.2) is 0 Å². The van der Waals surface area contributed by atoms with E-state index < -0.39 is 6.04 Å². The SMILES string of the molecule is CC1=C(C(=O)Nc2ccc(C)cc2)C(c2cccc3ccccc23)n2nnnc2N1. The average Bonchev–Trinajstić information content (AvgIpc) is 3.22. The first-order valence-corrected chi connectivity index (χ1v) is 9.73. The lowest BCUT2D eigenvalue weighted by molar-refractivity contribution is -0.113. The number of hydrogen-bond donors (Lipinski definition) is 2. The van der Waals surface area contributed by atoms with Gasteiger partial charge in [0, 0.05) is 11.4 Å². The zero-order valence-electron chi connectivity index (χ0n) is 16.6. The molecular weight excluding hydrogens is 376 g/mol. The second-order valence-electron chi connectivity index (χ2n) is 7.40. The Morgan fingerprint density at radius 2 is 1.77 bits per heavy atom. The molecule has 0 bridgehead atoms. The fraction of sp³-hybridized carbons (Fsp3) is 0.130. The lowest BCUT2D eigenvalue weighted by Gasteiger charge is -2.28. The van der Waals surface area contributed by atoms with Crippen molar-refractivity contribution in [3.63, 3.8) is 0 Å². The number of aryl methyl sites for hydroxylation is 1. The average molecular weight is 396 g/mol. The number of carbonyl (C=O) groups is 1. The van der Waals surface area contributed by atoms with Crippen molar-refractivity contribution in [1.82, 2.24) is 20.2 Å². The van der Waals surface area contributed by atoms with Crippen LogP contribution >= 0.6 is 0 Å². The third-order valence-electron chi connectivity index (χ3n) is 5.39. The largest absolute Gasteiger partial charge is 0.326 e. The van der Waals surface area contributed by atoms with Crippen molar-refractivity contribution in [2.75, 3.05) is 10.6 Å². The molecule has 0 radical (unpaired) electrons. The van der Waals surface area contributed by atoms with Crippen LogP contribution in [0.25, 0.3) is 10.8 Å². The standard InChI is InChI=1S/C23H20N6O/c1-14-10-12-17(13-11-14)25-22(30)20-15(2)24-23-26-27-28-29(23)21(20)19-9-5-7-16-6-3-4-8-18(16)19/h3-13,21H,1-2H3,(H,25,30)(H,24,26,28). The number of rotatable bonds is 3. The summed E-state index contributed by atoms with van der Waals surface area (Å²) in [6, 6.07) is 21.5. The number of benzene rings is 3. The van der Waals surface area contributed by atoms with Crippen LogP contribution in [0.15, 0.2) is 78.0 Å². The van der Waals surface area contributed by atoms with Gasteiger partial charge in [0.1, 0.15) is 6.04 Å². The van der Waals surface area contributed by atoms with Crippen LogP contribution in [-0.2, 0) is 4.79 Å². The number of aromatic nitrogens is 4. The van der Waals surface area contributed by atoms with Gasteiger partial charge in [-0.05, 0) is 52.7 Å². The summed E-state index contributed by atoms with van der Waals surface area (Å²) in [7, 11) is 0. The highest BCUT2D eigenvalue weighted by Gasteiger charge is 2.34.